The van der Waals surface area contributed by atoms with Crippen molar-refractivity contribution in [2.45, 2.75) is 12.6 Å². The predicted molar refractivity (Wildman–Crippen MR) is 149 cm³/mol. The monoisotopic (exact) mass is 506 g/mol. The molecule has 4 aromatic carbocycles. The number of likely N-dealkylation sites (N-methyl/N-ethyl adjacent to an activating group) is 1. The SMILES string of the molecule is CN(C)CCN1C(=O)C(=O)/C(=C(\O)c2cccc3ccccc23)C1c1ccc(OCc2ccccc2)cc1. The number of aliphatic hydroxyl groups excluding tert-OH is 1. The van der Waals surface area contributed by atoms with Crippen molar-refractivity contribution in [3.8, 4) is 5.75 Å². The molecule has 0 aliphatic carbocycles. The molecule has 4 aromatic rings. The fraction of sp³-hybridized carbons (Fsp3) is 0.188. The van der Waals surface area contributed by atoms with Crippen LogP contribution in [0.4, 0.5) is 0 Å². The van der Waals surface area contributed by atoms with E-state index in [9.17, 15) is 14.7 Å². The molecule has 1 fully saturated rings. The molecule has 1 unspecified atom stereocenters. The molecule has 0 spiro atoms. The van der Waals surface area contributed by atoms with Gasteiger partial charge in [-0.3, -0.25) is 9.59 Å². The Labute approximate surface area is 222 Å². The molecule has 0 bridgehead atoms. The third-order valence-corrected chi connectivity index (χ3v) is 6.82. The average Bonchev–Trinajstić information content (AvgIpc) is 3.20. The molecule has 1 heterocycles. The molecule has 0 aromatic heterocycles. The number of Topliss-reactive ketones (excluding diaryl/α,β-unsaturated/α-hetero) is 1. The number of likely N-dealkylation sites (tertiary alicyclic amines) is 1. The van der Waals surface area contributed by atoms with Gasteiger partial charge in [0.1, 0.15) is 18.1 Å². The average molecular weight is 507 g/mol. The van der Waals surface area contributed by atoms with Crippen molar-refractivity contribution < 1.29 is 19.4 Å². The third-order valence-electron chi connectivity index (χ3n) is 6.82. The number of aliphatic hydroxyl groups is 1. The topological polar surface area (TPSA) is 70.1 Å². The Hall–Kier alpha value is -4.42. The van der Waals surface area contributed by atoms with Gasteiger partial charge in [0.25, 0.3) is 11.7 Å². The summed E-state index contributed by atoms with van der Waals surface area (Å²) in [6.45, 7) is 1.36. The second kappa shape index (κ2) is 10.9. The first-order valence-electron chi connectivity index (χ1n) is 12.6. The lowest BCUT2D eigenvalue weighted by atomic mass is 9.93. The van der Waals surface area contributed by atoms with E-state index in [1.807, 2.05) is 110 Å². The summed E-state index contributed by atoms with van der Waals surface area (Å²) in [5.41, 5.74) is 2.42. The van der Waals surface area contributed by atoms with Crippen LogP contribution in [0.3, 0.4) is 0 Å². The van der Waals surface area contributed by atoms with E-state index >= 15 is 0 Å². The van der Waals surface area contributed by atoms with E-state index in [0.717, 1.165) is 21.9 Å². The molecule has 1 aliphatic rings. The Morgan fingerprint density at radius 2 is 1.55 bits per heavy atom. The van der Waals surface area contributed by atoms with Crippen LogP contribution in [-0.4, -0.2) is 53.8 Å². The number of rotatable bonds is 8. The van der Waals surface area contributed by atoms with Crippen LogP contribution >= 0.6 is 0 Å². The number of hydrogen-bond acceptors (Lipinski definition) is 5. The smallest absolute Gasteiger partial charge is 0.295 e. The van der Waals surface area contributed by atoms with Crippen molar-refractivity contribution in [2.24, 2.45) is 0 Å². The molecule has 6 heteroatoms. The zero-order valence-corrected chi connectivity index (χ0v) is 21.5. The minimum Gasteiger partial charge on any atom is -0.507 e. The van der Waals surface area contributed by atoms with E-state index in [1.165, 1.54) is 0 Å². The van der Waals surface area contributed by atoms with Gasteiger partial charge in [-0.1, -0.05) is 84.9 Å². The van der Waals surface area contributed by atoms with E-state index in [4.69, 9.17) is 4.74 Å². The number of carbonyl (C=O) groups is 2. The molecule has 1 N–H and O–H groups in total. The van der Waals surface area contributed by atoms with Gasteiger partial charge in [-0.05, 0) is 48.1 Å². The Kier molecular flexibility index (Phi) is 7.24. The maximum atomic E-state index is 13.4. The van der Waals surface area contributed by atoms with Gasteiger partial charge >= 0.3 is 0 Å². The van der Waals surface area contributed by atoms with Crippen LogP contribution in [0.2, 0.25) is 0 Å². The summed E-state index contributed by atoms with van der Waals surface area (Å²) >= 11 is 0. The lowest BCUT2D eigenvalue weighted by Gasteiger charge is -2.26. The Balaban J connectivity index is 1.54. The Morgan fingerprint density at radius 1 is 0.868 bits per heavy atom. The quantitative estimate of drug-likeness (QED) is 0.197. The van der Waals surface area contributed by atoms with Crippen LogP contribution in [0, 0.1) is 0 Å². The number of hydrogen-bond donors (Lipinski definition) is 1. The van der Waals surface area contributed by atoms with Gasteiger partial charge in [0, 0.05) is 18.7 Å². The van der Waals surface area contributed by atoms with Crippen molar-refractivity contribution in [3.05, 3.63) is 119 Å². The predicted octanol–water partition coefficient (Wildman–Crippen LogP) is 5.40. The van der Waals surface area contributed by atoms with Crippen LogP contribution < -0.4 is 4.74 Å². The number of benzene rings is 4. The van der Waals surface area contributed by atoms with E-state index in [2.05, 4.69) is 0 Å². The molecule has 1 amide bonds. The summed E-state index contributed by atoms with van der Waals surface area (Å²) in [6, 6.07) is 29.8. The minimum atomic E-state index is -0.711. The highest BCUT2D eigenvalue weighted by molar-refractivity contribution is 6.46. The molecule has 192 valence electrons. The Bertz CT molecular complexity index is 1490. The molecule has 1 saturated heterocycles. The van der Waals surface area contributed by atoms with Crippen LogP contribution in [-0.2, 0) is 16.2 Å². The molecule has 38 heavy (non-hydrogen) atoms. The standard InChI is InChI=1S/C32H30N2O4/c1-33(2)19-20-34-29(24-15-17-25(18-16-24)38-21-22-9-4-3-5-10-22)28(31(36)32(34)37)30(35)27-14-8-12-23-11-6-7-13-26(23)27/h3-18,29,35H,19-21H2,1-2H3/b30-28-. The van der Waals surface area contributed by atoms with Gasteiger partial charge in [0.2, 0.25) is 0 Å². The summed E-state index contributed by atoms with van der Waals surface area (Å²) in [7, 11) is 3.83. The zero-order chi connectivity index (χ0) is 26.6. The van der Waals surface area contributed by atoms with Crippen LogP contribution in [0.25, 0.3) is 16.5 Å². The summed E-state index contributed by atoms with van der Waals surface area (Å²) in [4.78, 5) is 30.1. The van der Waals surface area contributed by atoms with Crippen LogP contribution in [0.15, 0.2) is 103 Å². The lowest BCUT2D eigenvalue weighted by molar-refractivity contribution is -0.140. The fourth-order valence-electron chi connectivity index (χ4n) is 4.83. The zero-order valence-electron chi connectivity index (χ0n) is 21.5. The molecule has 1 atom stereocenters. The van der Waals surface area contributed by atoms with Crippen molar-refractivity contribution in [1.29, 1.82) is 0 Å². The maximum absolute atomic E-state index is 13.4. The summed E-state index contributed by atoms with van der Waals surface area (Å²) in [5.74, 6) is -0.773. The van der Waals surface area contributed by atoms with Crippen molar-refractivity contribution in [2.75, 3.05) is 27.2 Å². The number of ether oxygens (including phenoxy) is 1. The minimum absolute atomic E-state index is 0.100. The van der Waals surface area contributed by atoms with Gasteiger partial charge in [-0.15, -0.1) is 0 Å². The summed E-state index contributed by atoms with van der Waals surface area (Å²) < 4.78 is 5.93. The van der Waals surface area contributed by atoms with Gasteiger partial charge < -0.3 is 19.6 Å². The number of ketones is 1. The second-order valence-electron chi connectivity index (χ2n) is 9.67. The molecule has 0 saturated carbocycles. The number of carbonyl (C=O) groups excluding carboxylic acids is 2. The molecule has 1 aliphatic heterocycles. The van der Waals surface area contributed by atoms with E-state index in [1.54, 1.807) is 11.0 Å². The van der Waals surface area contributed by atoms with Gasteiger partial charge in [0.15, 0.2) is 0 Å². The lowest BCUT2D eigenvalue weighted by Crippen LogP contribution is -2.35. The van der Waals surface area contributed by atoms with Crippen molar-refractivity contribution >= 4 is 28.2 Å². The molecular formula is C32H30N2O4. The first-order chi connectivity index (χ1) is 18.4. The van der Waals surface area contributed by atoms with E-state index in [0.29, 0.717) is 31.0 Å². The second-order valence-corrected chi connectivity index (χ2v) is 9.67. The van der Waals surface area contributed by atoms with Gasteiger partial charge in [-0.25, -0.2) is 0 Å². The normalized spacial score (nSPS) is 16.9. The highest BCUT2D eigenvalue weighted by Crippen LogP contribution is 2.40. The van der Waals surface area contributed by atoms with Gasteiger partial charge in [0.05, 0.1) is 11.6 Å². The maximum Gasteiger partial charge on any atom is 0.295 e. The molecule has 5 rings (SSSR count). The van der Waals surface area contributed by atoms with E-state index < -0.39 is 17.7 Å². The molecule has 6 nitrogen and oxygen atoms in total. The first-order valence-corrected chi connectivity index (χ1v) is 12.6. The van der Waals surface area contributed by atoms with Gasteiger partial charge in [-0.2, -0.15) is 0 Å². The van der Waals surface area contributed by atoms with Crippen molar-refractivity contribution in [3.63, 3.8) is 0 Å². The fourth-order valence-corrected chi connectivity index (χ4v) is 4.83. The number of fused-ring (bicyclic) bond motifs is 1. The molecular weight excluding hydrogens is 476 g/mol. The molecule has 0 radical (unpaired) electrons. The number of amides is 1. The van der Waals surface area contributed by atoms with E-state index in [-0.39, 0.29) is 11.3 Å². The Morgan fingerprint density at radius 3 is 2.29 bits per heavy atom. The first kappa shape index (κ1) is 25.2. The number of nitrogens with zero attached hydrogens (tertiary/aromatic N) is 2. The van der Waals surface area contributed by atoms with Crippen LogP contribution in [0.1, 0.15) is 22.7 Å². The highest BCUT2D eigenvalue weighted by Gasteiger charge is 2.46. The summed E-state index contributed by atoms with van der Waals surface area (Å²) in [5, 5.41) is 13.3. The highest BCUT2D eigenvalue weighted by atomic mass is 16.5. The largest absolute Gasteiger partial charge is 0.507 e. The van der Waals surface area contributed by atoms with Crippen LogP contribution in [0.5, 0.6) is 5.75 Å². The summed E-state index contributed by atoms with van der Waals surface area (Å²) in [6.07, 6.45) is 0. The van der Waals surface area contributed by atoms with Crippen molar-refractivity contribution in [1.82, 2.24) is 9.80 Å². The third kappa shape index (κ3) is 5.04.